The minimum absolute atomic E-state index is 0.0493. The summed E-state index contributed by atoms with van der Waals surface area (Å²) in [7, 11) is 0. The molecule has 0 unspecified atom stereocenters. The summed E-state index contributed by atoms with van der Waals surface area (Å²) < 4.78 is 3.84. The largest absolute Gasteiger partial charge is 0.396 e. The molecule has 94 valence electrons. The van der Waals surface area contributed by atoms with Crippen molar-refractivity contribution in [3.05, 3.63) is 10.6 Å². The molecule has 1 aliphatic rings. The van der Waals surface area contributed by atoms with Crippen LogP contribution in [0, 0.1) is 5.92 Å². The molecule has 2 heterocycles. The second kappa shape index (κ2) is 5.55. The topological polar surface area (TPSA) is 66.3 Å². The molecule has 6 heteroatoms. The van der Waals surface area contributed by atoms with Crippen molar-refractivity contribution in [3.63, 3.8) is 0 Å². The zero-order valence-electron chi connectivity index (χ0n) is 9.93. The molecule has 5 nitrogen and oxygen atoms in total. The van der Waals surface area contributed by atoms with Gasteiger partial charge in [-0.2, -0.15) is 0 Å². The fraction of sp³-hybridized carbons (Fsp3) is 0.727. The first-order valence-corrected chi connectivity index (χ1v) is 6.75. The number of hydrogen-bond acceptors (Lipinski definition) is 5. The minimum Gasteiger partial charge on any atom is -0.396 e. The Balaban J connectivity index is 2.02. The summed E-state index contributed by atoms with van der Waals surface area (Å²) in [6.45, 7) is 3.66. The van der Waals surface area contributed by atoms with E-state index >= 15 is 0 Å². The third-order valence-corrected chi connectivity index (χ3v) is 4.00. The highest BCUT2D eigenvalue weighted by molar-refractivity contribution is 7.07. The van der Waals surface area contributed by atoms with Crippen LogP contribution in [0.25, 0.3) is 0 Å². The van der Waals surface area contributed by atoms with Gasteiger partial charge in [-0.15, -0.1) is 5.10 Å². The third-order valence-electron chi connectivity index (χ3n) is 3.24. The molecule has 1 amide bonds. The number of piperidine rings is 1. The Labute approximate surface area is 105 Å². The summed E-state index contributed by atoms with van der Waals surface area (Å²) >= 11 is 1.18. The summed E-state index contributed by atoms with van der Waals surface area (Å²) in [5.74, 6) is 0.400. The Morgan fingerprint density at radius 1 is 1.53 bits per heavy atom. The van der Waals surface area contributed by atoms with Crippen LogP contribution >= 0.6 is 11.5 Å². The Bertz CT molecular complexity index is 386. The van der Waals surface area contributed by atoms with Crippen molar-refractivity contribution in [1.82, 2.24) is 14.5 Å². The molecule has 1 aromatic rings. The fourth-order valence-corrected chi connectivity index (χ4v) is 2.78. The number of carbonyl (C=O) groups excluding carboxylic acids is 1. The number of aromatic nitrogens is 2. The van der Waals surface area contributed by atoms with Crippen molar-refractivity contribution in [2.75, 3.05) is 19.7 Å². The van der Waals surface area contributed by atoms with Gasteiger partial charge in [0.25, 0.3) is 5.91 Å². The Morgan fingerprint density at radius 3 is 2.82 bits per heavy atom. The van der Waals surface area contributed by atoms with E-state index in [4.69, 9.17) is 5.11 Å². The number of likely N-dealkylation sites (tertiary alicyclic amines) is 1. The van der Waals surface area contributed by atoms with Crippen molar-refractivity contribution in [3.8, 4) is 0 Å². The van der Waals surface area contributed by atoms with Gasteiger partial charge in [-0.1, -0.05) is 11.4 Å². The first kappa shape index (κ1) is 12.4. The first-order chi connectivity index (χ1) is 8.26. The summed E-state index contributed by atoms with van der Waals surface area (Å²) in [4.78, 5) is 14.8. The van der Waals surface area contributed by atoms with E-state index in [0.29, 0.717) is 10.8 Å². The van der Waals surface area contributed by atoms with Crippen molar-refractivity contribution in [1.29, 1.82) is 0 Å². The van der Waals surface area contributed by atoms with Crippen LogP contribution in [0.3, 0.4) is 0 Å². The minimum atomic E-state index is 0.0493. The molecule has 1 N–H and O–H groups in total. The highest BCUT2D eigenvalue weighted by atomic mass is 32.1. The zero-order valence-corrected chi connectivity index (χ0v) is 10.7. The lowest BCUT2D eigenvalue weighted by Crippen LogP contribution is -2.39. The maximum atomic E-state index is 12.2. The lowest BCUT2D eigenvalue weighted by atomic mass is 9.98. The van der Waals surface area contributed by atoms with E-state index in [0.717, 1.165) is 38.0 Å². The monoisotopic (exact) mass is 255 g/mol. The molecular formula is C11H17N3O2S. The number of hydrogen-bond donors (Lipinski definition) is 1. The van der Waals surface area contributed by atoms with Gasteiger partial charge in [-0.25, -0.2) is 0 Å². The molecule has 0 spiro atoms. The predicted molar refractivity (Wildman–Crippen MR) is 65.0 cm³/mol. The van der Waals surface area contributed by atoms with E-state index in [-0.39, 0.29) is 12.5 Å². The standard InChI is InChI=1S/C11H17N3O2S/c1-2-9-10(17-13-12-9)11(16)14-5-3-8(7-15)4-6-14/h8,15H,2-7H2,1H3. The van der Waals surface area contributed by atoms with Gasteiger partial charge in [-0.3, -0.25) is 4.79 Å². The molecule has 2 rings (SSSR count). The SMILES string of the molecule is CCc1nnsc1C(=O)N1CCC(CO)CC1. The molecule has 1 aromatic heterocycles. The smallest absolute Gasteiger partial charge is 0.267 e. The van der Waals surface area contributed by atoms with E-state index in [1.54, 1.807) is 0 Å². The van der Waals surface area contributed by atoms with Gasteiger partial charge in [0.1, 0.15) is 4.88 Å². The highest BCUT2D eigenvalue weighted by Gasteiger charge is 2.26. The van der Waals surface area contributed by atoms with Crippen LogP contribution < -0.4 is 0 Å². The van der Waals surface area contributed by atoms with Gasteiger partial charge in [0, 0.05) is 19.7 Å². The lowest BCUT2D eigenvalue weighted by Gasteiger charge is -2.30. The van der Waals surface area contributed by atoms with Crippen LogP contribution in [0.15, 0.2) is 0 Å². The molecule has 0 saturated carbocycles. The Hall–Kier alpha value is -1.01. The second-order valence-corrected chi connectivity index (χ2v) is 5.07. The molecule has 0 aromatic carbocycles. The Morgan fingerprint density at radius 2 is 2.24 bits per heavy atom. The van der Waals surface area contributed by atoms with Crippen LogP contribution in [0.2, 0.25) is 0 Å². The first-order valence-electron chi connectivity index (χ1n) is 5.97. The van der Waals surface area contributed by atoms with Gasteiger partial charge < -0.3 is 10.0 Å². The molecule has 0 bridgehead atoms. The van der Waals surface area contributed by atoms with Gasteiger partial charge >= 0.3 is 0 Å². The number of aryl methyl sites for hydroxylation is 1. The number of aliphatic hydroxyl groups excluding tert-OH is 1. The normalized spacial score (nSPS) is 17.4. The number of amides is 1. The highest BCUT2D eigenvalue weighted by Crippen LogP contribution is 2.20. The molecule has 0 radical (unpaired) electrons. The molecule has 1 aliphatic heterocycles. The Kier molecular flexibility index (Phi) is 4.06. The van der Waals surface area contributed by atoms with E-state index in [2.05, 4.69) is 9.59 Å². The van der Waals surface area contributed by atoms with Gasteiger partial charge in [0.05, 0.1) is 5.69 Å². The number of aliphatic hydroxyl groups is 1. The van der Waals surface area contributed by atoms with Gasteiger partial charge in [0.15, 0.2) is 0 Å². The molecule has 0 aliphatic carbocycles. The fourth-order valence-electron chi connectivity index (χ4n) is 2.06. The summed E-state index contributed by atoms with van der Waals surface area (Å²) in [6, 6.07) is 0. The van der Waals surface area contributed by atoms with E-state index < -0.39 is 0 Å². The third kappa shape index (κ3) is 2.63. The van der Waals surface area contributed by atoms with Crippen LogP contribution in [0.1, 0.15) is 35.1 Å². The summed E-state index contributed by atoms with van der Waals surface area (Å²) in [5, 5.41) is 13.0. The van der Waals surface area contributed by atoms with E-state index in [9.17, 15) is 4.79 Å². The average Bonchev–Trinajstić information content (AvgIpc) is 2.86. The average molecular weight is 255 g/mol. The predicted octanol–water partition coefficient (Wildman–Crippen LogP) is 0.945. The van der Waals surface area contributed by atoms with Crippen LogP contribution in [0.5, 0.6) is 0 Å². The van der Waals surface area contributed by atoms with Crippen LogP contribution in [-0.2, 0) is 6.42 Å². The van der Waals surface area contributed by atoms with Gasteiger partial charge in [-0.05, 0) is 36.7 Å². The van der Waals surface area contributed by atoms with Crippen LogP contribution in [-0.4, -0.2) is 45.2 Å². The number of rotatable bonds is 3. The van der Waals surface area contributed by atoms with E-state index in [1.807, 2.05) is 11.8 Å². The van der Waals surface area contributed by atoms with Crippen LogP contribution in [0.4, 0.5) is 0 Å². The molecule has 1 saturated heterocycles. The number of carbonyl (C=O) groups is 1. The summed E-state index contributed by atoms with van der Waals surface area (Å²) in [6.07, 6.45) is 2.51. The van der Waals surface area contributed by atoms with Crippen molar-refractivity contribution in [2.45, 2.75) is 26.2 Å². The lowest BCUT2D eigenvalue weighted by molar-refractivity contribution is 0.0654. The van der Waals surface area contributed by atoms with Gasteiger partial charge in [0.2, 0.25) is 0 Å². The summed E-state index contributed by atoms with van der Waals surface area (Å²) in [5.41, 5.74) is 0.796. The van der Waals surface area contributed by atoms with E-state index in [1.165, 1.54) is 11.5 Å². The van der Waals surface area contributed by atoms with Crippen molar-refractivity contribution >= 4 is 17.4 Å². The zero-order chi connectivity index (χ0) is 12.3. The maximum absolute atomic E-state index is 12.2. The second-order valence-electron chi connectivity index (χ2n) is 4.32. The quantitative estimate of drug-likeness (QED) is 0.873. The molecule has 1 fully saturated rings. The van der Waals surface area contributed by atoms with Crippen molar-refractivity contribution in [2.24, 2.45) is 5.92 Å². The maximum Gasteiger partial charge on any atom is 0.267 e. The number of nitrogens with zero attached hydrogens (tertiary/aromatic N) is 3. The molecule has 0 atom stereocenters. The molecule has 17 heavy (non-hydrogen) atoms. The van der Waals surface area contributed by atoms with Crippen molar-refractivity contribution < 1.29 is 9.90 Å². The molecular weight excluding hydrogens is 238 g/mol.